The van der Waals surface area contributed by atoms with Crippen molar-refractivity contribution in [2.75, 3.05) is 32.5 Å². The summed E-state index contributed by atoms with van der Waals surface area (Å²) in [4.78, 5) is 6.58. The molecule has 0 radical (unpaired) electrons. The molecule has 1 unspecified atom stereocenters. The Morgan fingerprint density at radius 2 is 2.25 bits per heavy atom. The van der Waals surface area contributed by atoms with Crippen molar-refractivity contribution < 1.29 is 0 Å². The lowest BCUT2D eigenvalue weighted by molar-refractivity contribution is 0.338. The van der Waals surface area contributed by atoms with E-state index in [1.807, 2.05) is 12.5 Å². The number of hydrogen-bond donors (Lipinski definition) is 1. The van der Waals surface area contributed by atoms with Crippen LogP contribution in [0.15, 0.2) is 30.7 Å². The molecule has 0 saturated carbocycles. The second-order valence-electron chi connectivity index (χ2n) is 5.81. The van der Waals surface area contributed by atoms with Crippen LogP contribution in [-0.4, -0.2) is 41.6 Å². The molecule has 1 aromatic heterocycles. The number of benzene rings is 1. The van der Waals surface area contributed by atoms with Crippen LogP contribution in [0.1, 0.15) is 18.5 Å². The fourth-order valence-electron chi connectivity index (χ4n) is 3.03. The first-order valence-corrected chi connectivity index (χ1v) is 7.19. The van der Waals surface area contributed by atoms with Crippen molar-refractivity contribution in [1.82, 2.24) is 14.5 Å². The molecular formula is C16H22N4. The van der Waals surface area contributed by atoms with E-state index in [0.29, 0.717) is 6.04 Å². The van der Waals surface area contributed by atoms with Gasteiger partial charge in [0.1, 0.15) is 0 Å². The summed E-state index contributed by atoms with van der Waals surface area (Å²) in [5.41, 5.74) is 5.16. The second-order valence-corrected chi connectivity index (χ2v) is 5.81. The van der Waals surface area contributed by atoms with Crippen LogP contribution in [0.5, 0.6) is 0 Å². The fraction of sp³-hybridized carbons (Fsp3) is 0.438. The van der Waals surface area contributed by atoms with Gasteiger partial charge in [0.25, 0.3) is 0 Å². The van der Waals surface area contributed by atoms with Crippen molar-refractivity contribution in [1.29, 1.82) is 0 Å². The summed E-state index contributed by atoms with van der Waals surface area (Å²) < 4.78 is 2.27. The van der Waals surface area contributed by atoms with E-state index in [1.54, 1.807) is 0 Å². The van der Waals surface area contributed by atoms with Crippen LogP contribution in [0, 0.1) is 0 Å². The Labute approximate surface area is 120 Å². The molecule has 2 aromatic rings. The molecule has 106 valence electrons. The number of likely N-dealkylation sites (N-methyl/N-ethyl adjacent to an activating group) is 1. The van der Waals surface area contributed by atoms with E-state index in [0.717, 1.165) is 19.5 Å². The smallest absolute Gasteiger partial charge is 0.0953 e. The van der Waals surface area contributed by atoms with Gasteiger partial charge in [-0.05, 0) is 33.0 Å². The van der Waals surface area contributed by atoms with Crippen LogP contribution in [-0.2, 0) is 6.42 Å². The highest BCUT2D eigenvalue weighted by Crippen LogP contribution is 2.35. The van der Waals surface area contributed by atoms with E-state index in [-0.39, 0.29) is 0 Å². The monoisotopic (exact) mass is 270 g/mol. The molecular weight excluding hydrogens is 248 g/mol. The molecule has 0 fully saturated rings. The molecule has 1 atom stereocenters. The largest absolute Gasteiger partial charge is 0.384 e. The van der Waals surface area contributed by atoms with Gasteiger partial charge >= 0.3 is 0 Å². The third kappa shape index (κ3) is 2.31. The van der Waals surface area contributed by atoms with Gasteiger partial charge in [0.15, 0.2) is 0 Å². The van der Waals surface area contributed by atoms with Gasteiger partial charge in [-0.25, -0.2) is 4.98 Å². The van der Waals surface area contributed by atoms with Gasteiger partial charge in [-0.3, -0.25) is 0 Å². The highest BCUT2D eigenvalue weighted by molar-refractivity contribution is 5.79. The summed E-state index contributed by atoms with van der Waals surface area (Å²) in [5.74, 6) is 0. The lowest BCUT2D eigenvalue weighted by atomic mass is 10.0. The van der Waals surface area contributed by atoms with Gasteiger partial charge in [-0.15, -0.1) is 0 Å². The first-order valence-electron chi connectivity index (χ1n) is 7.19. The Balaban J connectivity index is 2.00. The number of para-hydroxylation sites is 1. The first kappa shape index (κ1) is 13.2. The molecule has 2 heterocycles. The summed E-state index contributed by atoms with van der Waals surface area (Å²) >= 11 is 0. The highest BCUT2D eigenvalue weighted by Gasteiger charge is 2.19. The van der Waals surface area contributed by atoms with E-state index in [2.05, 4.69) is 59.0 Å². The number of nitrogens with zero attached hydrogens (tertiary/aromatic N) is 3. The fourth-order valence-corrected chi connectivity index (χ4v) is 3.03. The number of fused-ring (bicyclic) bond motifs is 1. The van der Waals surface area contributed by atoms with Gasteiger partial charge in [-0.1, -0.05) is 18.2 Å². The molecule has 0 bridgehead atoms. The van der Waals surface area contributed by atoms with Gasteiger partial charge in [0.05, 0.1) is 18.2 Å². The van der Waals surface area contributed by atoms with E-state index in [9.17, 15) is 0 Å². The van der Waals surface area contributed by atoms with Gasteiger partial charge in [0.2, 0.25) is 0 Å². The third-order valence-corrected chi connectivity index (χ3v) is 3.89. The number of imidazole rings is 1. The Hall–Kier alpha value is -1.81. The second kappa shape index (κ2) is 5.29. The molecule has 4 heteroatoms. The van der Waals surface area contributed by atoms with Crippen molar-refractivity contribution in [2.45, 2.75) is 19.4 Å². The van der Waals surface area contributed by atoms with Crippen molar-refractivity contribution in [3.05, 3.63) is 36.3 Å². The zero-order valence-corrected chi connectivity index (χ0v) is 12.4. The van der Waals surface area contributed by atoms with E-state index in [1.165, 1.54) is 22.5 Å². The average molecular weight is 270 g/mol. The Morgan fingerprint density at radius 3 is 3.05 bits per heavy atom. The molecule has 0 amide bonds. The van der Waals surface area contributed by atoms with E-state index >= 15 is 0 Å². The molecule has 0 saturated heterocycles. The predicted octanol–water partition coefficient (Wildman–Crippen LogP) is 2.64. The van der Waals surface area contributed by atoms with Gasteiger partial charge in [-0.2, -0.15) is 0 Å². The summed E-state index contributed by atoms with van der Waals surface area (Å²) in [6.07, 6.45) is 5.03. The maximum Gasteiger partial charge on any atom is 0.0953 e. The SMILES string of the molecule is CC(CN(C)C)n1cncc1-c1cccc2c1NCC2. The maximum atomic E-state index is 4.37. The van der Waals surface area contributed by atoms with Gasteiger partial charge in [0, 0.05) is 30.4 Å². The standard InChI is InChI=1S/C16H22N4/c1-12(10-19(2)3)20-11-17-9-15(20)14-6-4-5-13-7-8-18-16(13)14/h4-6,9,11-12,18H,7-8,10H2,1-3H3. The first-order chi connectivity index (χ1) is 9.66. The average Bonchev–Trinajstić information content (AvgIpc) is 3.06. The summed E-state index contributed by atoms with van der Waals surface area (Å²) in [7, 11) is 4.21. The van der Waals surface area contributed by atoms with Crippen molar-refractivity contribution in [3.8, 4) is 11.3 Å². The lowest BCUT2D eigenvalue weighted by Gasteiger charge is -2.21. The summed E-state index contributed by atoms with van der Waals surface area (Å²) in [6, 6.07) is 6.95. The molecule has 3 rings (SSSR count). The normalized spacial score (nSPS) is 15.2. The highest BCUT2D eigenvalue weighted by atomic mass is 15.1. The van der Waals surface area contributed by atoms with Crippen molar-refractivity contribution in [2.24, 2.45) is 0 Å². The molecule has 1 N–H and O–H groups in total. The molecule has 1 aliphatic rings. The van der Waals surface area contributed by atoms with Crippen LogP contribution < -0.4 is 5.32 Å². The zero-order chi connectivity index (χ0) is 14.1. The zero-order valence-electron chi connectivity index (χ0n) is 12.4. The number of rotatable bonds is 4. The van der Waals surface area contributed by atoms with Crippen LogP contribution in [0.25, 0.3) is 11.3 Å². The van der Waals surface area contributed by atoms with E-state index < -0.39 is 0 Å². The number of aromatic nitrogens is 2. The Morgan fingerprint density at radius 1 is 1.40 bits per heavy atom. The van der Waals surface area contributed by atoms with Crippen LogP contribution in [0.2, 0.25) is 0 Å². The van der Waals surface area contributed by atoms with Crippen molar-refractivity contribution in [3.63, 3.8) is 0 Å². The topological polar surface area (TPSA) is 33.1 Å². The molecule has 0 spiro atoms. The lowest BCUT2D eigenvalue weighted by Crippen LogP contribution is -2.22. The van der Waals surface area contributed by atoms with Crippen LogP contribution in [0.3, 0.4) is 0 Å². The Bertz CT molecular complexity index is 600. The quantitative estimate of drug-likeness (QED) is 0.927. The van der Waals surface area contributed by atoms with Crippen molar-refractivity contribution >= 4 is 5.69 Å². The number of hydrogen-bond acceptors (Lipinski definition) is 3. The van der Waals surface area contributed by atoms with E-state index in [4.69, 9.17) is 0 Å². The number of anilines is 1. The minimum Gasteiger partial charge on any atom is -0.384 e. The summed E-state index contributed by atoms with van der Waals surface area (Å²) in [6.45, 7) is 4.28. The molecule has 1 aliphatic heterocycles. The maximum absolute atomic E-state index is 4.37. The predicted molar refractivity (Wildman–Crippen MR) is 83.1 cm³/mol. The molecule has 0 aliphatic carbocycles. The summed E-state index contributed by atoms with van der Waals surface area (Å²) in [5, 5.41) is 3.51. The minimum atomic E-state index is 0.403. The third-order valence-electron chi connectivity index (χ3n) is 3.89. The van der Waals surface area contributed by atoms with Gasteiger partial charge < -0.3 is 14.8 Å². The molecule has 4 nitrogen and oxygen atoms in total. The number of nitrogens with one attached hydrogen (secondary N) is 1. The molecule has 1 aromatic carbocycles. The van der Waals surface area contributed by atoms with Crippen LogP contribution in [0.4, 0.5) is 5.69 Å². The van der Waals surface area contributed by atoms with Crippen LogP contribution >= 0.6 is 0 Å². The Kier molecular flexibility index (Phi) is 3.49. The minimum absolute atomic E-state index is 0.403. The molecule has 20 heavy (non-hydrogen) atoms.